The molecule has 140 valence electrons. The molecule has 3 aromatic carbocycles. The zero-order valence-corrected chi connectivity index (χ0v) is 15.6. The van der Waals surface area contributed by atoms with Gasteiger partial charge in [0, 0.05) is 18.7 Å². The van der Waals surface area contributed by atoms with Gasteiger partial charge < -0.3 is 9.47 Å². The van der Waals surface area contributed by atoms with Crippen molar-refractivity contribution >= 4 is 16.5 Å². The maximum Gasteiger partial charge on any atom is 0.277 e. The molecule has 0 aliphatic heterocycles. The molecule has 0 aliphatic rings. The average molecular weight is 366 g/mol. The highest BCUT2D eigenvalue weighted by Crippen LogP contribution is 2.35. The fourth-order valence-corrected chi connectivity index (χ4v) is 3.27. The maximum absolute atomic E-state index is 11.5. The molecule has 0 saturated heterocycles. The molecule has 0 N–H and O–H groups in total. The third kappa shape index (κ3) is 4.01. The predicted octanol–water partition coefficient (Wildman–Crippen LogP) is 4.40. The van der Waals surface area contributed by atoms with E-state index in [0.717, 1.165) is 0 Å². The first kappa shape index (κ1) is 18.7. The van der Waals surface area contributed by atoms with E-state index < -0.39 is 0 Å². The van der Waals surface area contributed by atoms with Crippen LogP contribution in [0.1, 0.15) is 11.1 Å². The Kier molecular flexibility index (Phi) is 5.57. The molecule has 0 aromatic heterocycles. The summed E-state index contributed by atoms with van der Waals surface area (Å²) < 4.78 is 10.5. The molecule has 0 saturated carbocycles. The van der Waals surface area contributed by atoms with Gasteiger partial charge >= 0.3 is 0 Å². The van der Waals surface area contributed by atoms with Crippen LogP contribution in [0, 0.1) is 10.1 Å². The molecule has 0 atom stereocenters. The summed E-state index contributed by atoms with van der Waals surface area (Å²) in [4.78, 5) is 13.2. The fourth-order valence-electron chi connectivity index (χ4n) is 3.27. The van der Waals surface area contributed by atoms with Crippen LogP contribution in [0.4, 0.5) is 5.69 Å². The summed E-state index contributed by atoms with van der Waals surface area (Å²) in [6.07, 6.45) is 0. The van der Waals surface area contributed by atoms with Crippen LogP contribution in [0.5, 0.6) is 11.5 Å². The second-order valence-electron chi connectivity index (χ2n) is 6.40. The second-order valence-corrected chi connectivity index (χ2v) is 6.40. The van der Waals surface area contributed by atoms with E-state index in [-0.39, 0.29) is 10.6 Å². The minimum absolute atomic E-state index is 0.0254. The van der Waals surface area contributed by atoms with E-state index in [1.807, 2.05) is 25.2 Å². The average Bonchev–Trinajstić information content (AvgIpc) is 2.67. The van der Waals surface area contributed by atoms with Crippen molar-refractivity contribution < 1.29 is 14.4 Å². The summed E-state index contributed by atoms with van der Waals surface area (Å²) >= 11 is 0. The Morgan fingerprint density at radius 1 is 0.926 bits per heavy atom. The van der Waals surface area contributed by atoms with Crippen molar-refractivity contribution in [2.75, 3.05) is 21.3 Å². The molecular weight excluding hydrogens is 344 g/mol. The number of nitro groups is 1. The molecular formula is C21H22N2O4. The van der Waals surface area contributed by atoms with Crippen molar-refractivity contribution in [2.45, 2.75) is 13.1 Å². The Balaban J connectivity index is 1.89. The van der Waals surface area contributed by atoms with Crippen LogP contribution in [0.3, 0.4) is 0 Å². The topological polar surface area (TPSA) is 64.8 Å². The van der Waals surface area contributed by atoms with Crippen LogP contribution in [-0.4, -0.2) is 31.1 Å². The summed E-state index contributed by atoms with van der Waals surface area (Å²) in [5.41, 5.74) is 1.79. The lowest BCUT2D eigenvalue weighted by atomic mass is 10.0. The lowest BCUT2D eigenvalue weighted by molar-refractivity contribution is -0.385. The molecule has 0 amide bonds. The van der Waals surface area contributed by atoms with Gasteiger partial charge in [-0.1, -0.05) is 42.5 Å². The van der Waals surface area contributed by atoms with E-state index in [2.05, 4.69) is 29.2 Å². The second kappa shape index (κ2) is 8.05. The van der Waals surface area contributed by atoms with Gasteiger partial charge in [0.25, 0.3) is 5.69 Å². The van der Waals surface area contributed by atoms with Gasteiger partial charge in [-0.25, -0.2) is 0 Å². The number of ether oxygens (including phenoxy) is 2. The zero-order chi connectivity index (χ0) is 19.4. The van der Waals surface area contributed by atoms with Gasteiger partial charge in [-0.3, -0.25) is 15.0 Å². The summed E-state index contributed by atoms with van der Waals surface area (Å²) in [5, 5.41) is 13.9. The maximum atomic E-state index is 11.5. The molecule has 27 heavy (non-hydrogen) atoms. The van der Waals surface area contributed by atoms with E-state index in [1.54, 1.807) is 6.07 Å². The van der Waals surface area contributed by atoms with E-state index in [9.17, 15) is 10.1 Å². The molecule has 3 rings (SSSR count). The lowest BCUT2D eigenvalue weighted by Crippen LogP contribution is -2.18. The number of hydrogen-bond acceptors (Lipinski definition) is 5. The number of methoxy groups -OCH3 is 2. The van der Waals surface area contributed by atoms with Gasteiger partial charge in [0.1, 0.15) is 0 Å². The highest BCUT2D eigenvalue weighted by Gasteiger charge is 2.20. The number of rotatable bonds is 7. The third-order valence-corrected chi connectivity index (χ3v) is 4.54. The number of hydrogen-bond donors (Lipinski definition) is 0. The van der Waals surface area contributed by atoms with E-state index in [1.165, 1.54) is 36.6 Å². The van der Waals surface area contributed by atoms with Crippen molar-refractivity contribution in [3.05, 3.63) is 75.8 Å². The van der Waals surface area contributed by atoms with Crippen molar-refractivity contribution in [3.8, 4) is 11.5 Å². The number of nitro benzene ring substituents is 1. The van der Waals surface area contributed by atoms with Crippen LogP contribution in [0.2, 0.25) is 0 Å². The van der Waals surface area contributed by atoms with Crippen LogP contribution < -0.4 is 9.47 Å². The van der Waals surface area contributed by atoms with Gasteiger partial charge in [0.15, 0.2) is 11.5 Å². The Morgan fingerprint density at radius 3 is 2.26 bits per heavy atom. The molecule has 3 aromatic rings. The zero-order valence-electron chi connectivity index (χ0n) is 15.6. The minimum atomic E-state index is -0.386. The van der Waals surface area contributed by atoms with Gasteiger partial charge in [-0.05, 0) is 29.4 Å². The van der Waals surface area contributed by atoms with Gasteiger partial charge in [-0.2, -0.15) is 0 Å². The summed E-state index contributed by atoms with van der Waals surface area (Å²) in [5.74, 6) is 0.835. The summed E-state index contributed by atoms with van der Waals surface area (Å²) in [7, 11) is 4.93. The van der Waals surface area contributed by atoms with Crippen molar-refractivity contribution in [3.63, 3.8) is 0 Å². The van der Waals surface area contributed by atoms with Crippen LogP contribution in [-0.2, 0) is 13.1 Å². The standard InChI is InChI=1S/C21H22N2O4/c1-22(13-16-9-6-8-15-7-4-5-10-18(15)16)14-17-11-20(26-2)21(27-3)12-19(17)23(24)25/h4-12H,13-14H2,1-3H3. The molecule has 6 heteroatoms. The summed E-state index contributed by atoms with van der Waals surface area (Å²) in [6.45, 7) is 1.09. The van der Waals surface area contributed by atoms with Crippen molar-refractivity contribution in [1.29, 1.82) is 0 Å². The van der Waals surface area contributed by atoms with E-state index in [4.69, 9.17) is 9.47 Å². The van der Waals surface area contributed by atoms with Crippen LogP contribution >= 0.6 is 0 Å². The quantitative estimate of drug-likeness (QED) is 0.458. The molecule has 0 radical (unpaired) electrons. The van der Waals surface area contributed by atoms with Gasteiger partial charge in [0.2, 0.25) is 0 Å². The van der Waals surface area contributed by atoms with Gasteiger partial charge in [0.05, 0.1) is 25.2 Å². The summed E-state index contributed by atoms with van der Waals surface area (Å²) in [6, 6.07) is 17.5. The molecule has 0 unspecified atom stereocenters. The SMILES string of the molecule is COc1cc(CN(C)Cc2cccc3ccccc23)c([N+](=O)[O-])cc1OC. The van der Waals surface area contributed by atoms with Gasteiger partial charge in [-0.15, -0.1) is 0 Å². The van der Waals surface area contributed by atoms with Crippen LogP contribution in [0.15, 0.2) is 54.6 Å². The Labute approximate surface area is 158 Å². The normalized spacial score (nSPS) is 11.0. The van der Waals surface area contributed by atoms with E-state index >= 15 is 0 Å². The number of fused-ring (bicyclic) bond motifs is 1. The molecule has 0 aliphatic carbocycles. The first-order chi connectivity index (χ1) is 13.0. The molecule has 0 heterocycles. The Morgan fingerprint density at radius 2 is 1.56 bits per heavy atom. The largest absolute Gasteiger partial charge is 0.493 e. The van der Waals surface area contributed by atoms with Crippen LogP contribution in [0.25, 0.3) is 10.8 Å². The lowest BCUT2D eigenvalue weighted by Gasteiger charge is -2.19. The third-order valence-electron chi connectivity index (χ3n) is 4.54. The van der Waals surface area contributed by atoms with Crippen molar-refractivity contribution in [2.24, 2.45) is 0 Å². The first-order valence-corrected chi connectivity index (χ1v) is 8.58. The minimum Gasteiger partial charge on any atom is -0.493 e. The first-order valence-electron chi connectivity index (χ1n) is 8.58. The Bertz CT molecular complexity index is 966. The van der Waals surface area contributed by atoms with Crippen molar-refractivity contribution in [1.82, 2.24) is 4.90 Å². The highest BCUT2D eigenvalue weighted by atomic mass is 16.6. The molecule has 0 fully saturated rings. The number of nitrogens with zero attached hydrogens (tertiary/aromatic N) is 2. The van der Waals surface area contributed by atoms with E-state index in [0.29, 0.717) is 30.2 Å². The monoisotopic (exact) mass is 366 g/mol. The smallest absolute Gasteiger partial charge is 0.277 e. The number of benzene rings is 3. The highest BCUT2D eigenvalue weighted by molar-refractivity contribution is 5.85. The fraction of sp³-hybridized carbons (Fsp3) is 0.238. The molecule has 0 spiro atoms. The molecule has 6 nitrogen and oxygen atoms in total. The molecule has 0 bridgehead atoms. The predicted molar refractivity (Wildman–Crippen MR) is 105 cm³/mol. The Hall–Kier alpha value is -3.12.